The lowest BCUT2D eigenvalue weighted by Gasteiger charge is -2.25. The van der Waals surface area contributed by atoms with Crippen LogP contribution in [0.2, 0.25) is 5.02 Å². The molecule has 0 bridgehead atoms. The zero-order chi connectivity index (χ0) is 27.9. The van der Waals surface area contributed by atoms with Crippen LogP contribution in [0.3, 0.4) is 0 Å². The van der Waals surface area contributed by atoms with Crippen LogP contribution in [0.15, 0.2) is 71.6 Å². The summed E-state index contributed by atoms with van der Waals surface area (Å²) < 4.78 is 38.9. The Morgan fingerprint density at radius 3 is 2.24 bits per heavy atom. The fraction of sp³-hybridized carbons (Fsp3) is 0.259. The van der Waals surface area contributed by atoms with E-state index in [1.54, 1.807) is 24.3 Å². The first-order valence-electron chi connectivity index (χ1n) is 11.7. The van der Waals surface area contributed by atoms with Crippen LogP contribution < -0.4 is 24.4 Å². The van der Waals surface area contributed by atoms with E-state index in [2.05, 4.69) is 10.6 Å². The van der Waals surface area contributed by atoms with Crippen LogP contribution >= 0.6 is 11.6 Å². The first-order valence-corrected chi connectivity index (χ1v) is 13.6. The van der Waals surface area contributed by atoms with Gasteiger partial charge in [0.1, 0.15) is 6.54 Å². The quantitative estimate of drug-likeness (QED) is 0.355. The number of anilines is 2. The summed E-state index contributed by atoms with van der Waals surface area (Å²) >= 11 is 6.01. The van der Waals surface area contributed by atoms with Gasteiger partial charge in [-0.15, -0.1) is 0 Å². The van der Waals surface area contributed by atoms with E-state index < -0.39 is 22.5 Å². The van der Waals surface area contributed by atoms with Crippen molar-refractivity contribution in [3.8, 4) is 11.5 Å². The maximum absolute atomic E-state index is 13.8. The molecule has 0 aromatic heterocycles. The Hall–Kier alpha value is -3.76. The summed E-state index contributed by atoms with van der Waals surface area (Å²) in [6, 6.07) is 16.7. The number of methoxy groups -OCH3 is 2. The lowest BCUT2D eigenvalue weighted by atomic mass is 10.1. The lowest BCUT2D eigenvalue weighted by molar-refractivity contribution is -0.114. The standard InChI is InChI=1S/C27H30ClN3O6S/c1-18(2)16-29-27(33)22-7-5-6-8-23(22)30-26(32)17-31(20-11-9-19(28)10-12-20)38(34,35)21-13-14-24(36-3)25(15-21)37-4/h5-15,18H,16-17H2,1-4H3,(H,29,33)(H,30,32). The van der Waals surface area contributed by atoms with Crippen LogP contribution in [-0.2, 0) is 14.8 Å². The predicted octanol–water partition coefficient (Wildman–Crippen LogP) is 4.58. The molecule has 0 aliphatic carbocycles. The number of nitrogens with zero attached hydrogens (tertiary/aromatic N) is 1. The van der Waals surface area contributed by atoms with Crippen molar-refractivity contribution in [1.29, 1.82) is 0 Å². The monoisotopic (exact) mass is 559 g/mol. The van der Waals surface area contributed by atoms with E-state index in [-0.39, 0.29) is 39.4 Å². The van der Waals surface area contributed by atoms with Crippen molar-refractivity contribution in [3.05, 3.63) is 77.3 Å². The molecule has 3 aromatic carbocycles. The highest BCUT2D eigenvalue weighted by Gasteiger charge is 2.29. The molecule has 9 nitrogen and oxygen atoms in total. The number of rotatable bonds is 11. The number of carbonyl (C=O) groups excluding carboxylic acids is 2. The van der Waals surface area contributed by atoms with Gasteiger partial charge in [-0.05, 0) is 54.4 Å². The van der Waals surface area contributed by atoms with Gasteiger partial charge in [0, 0.05) is 17.6 Å². The summed E-state index contributed by atoms with van der Waals surface area (Å²) in [4.78, 5) is 25.8. The Labute approximate surface area is 227 Å². The predicted molar refractivity (Wildman–Crippen MR) is 148 cm³/mol. The minimum atomic E-state index is -4.24. The van der Waals surface area contributed by atoms with Gasteiger partial charge < -0.3 is 20.1 Å². The number of halogens is 1. The van der Waals surface area contributed by atoms with Gasteiger partial charge in [0.05, 0.1) is 36.1 Å². The van der Waals surface area contributed by atoms with Gasteiger partial charge in [-0.2, -0.15) is 0 Å². The number of amides is 2. The van der Waals surface area contributed by atoms with Crippen molar-refractivity contribution in [2.75, 3.05) is 36.9 Å². The van der Waals surface area contributed by atoms with Crippen molar-refractivity contribution in [1.82, 2.24) is 5.32 Å². The molecule has 3 aromatic rings. The largest absolute Gasteiger partial charge is 0.493 e. The first kappa shape index (κ1) is 28.8. The molecular formula is C27H30ClN3O6S. The second kappa shape index (κ2) is 12.7. The second-order valence-corrected chi connectivity index (χ2v) is 11.0. The van der Waals surface area contributed by atoms with E-state index in [0.29, 0.717) is 17.3 Å². The minimum absolute atomic E-state index is 0.105. The first-order chi connectivity index (χ1) is 18.1. The Balaban J connectivity index is 1.94. The SMILES string of the molecule is COc1ccc(S(=O)(=O)N(CC(=O)Nc2ccccc2C(=O)NCC(C)C)c2ccc(Cl)cc2)cc1OC. The third-order valence-corrected chi connectivity index (χ3v) is 7.48. The van der Waals surface area contributed by atoms with Gasteiger partial charge in [-0.1, -0.05) is 37.6 Å². The Morgan fingerprint density at radius 2 is 1.61 bits per heavy atom. The lowest BCUT2D eigenvalue weighted by Crippen LogP contribution is -2.38. The molecule has 0 saturated carbocycles. The van der Waals surface area contributed by atoms with Crippen molar-refractivity contribution in [2.24, 2.45) is 5.92 Å². The molecule has 0 aliphatic rings. The number of ether oxygens (including phenoxy) is 2. The third kappa shape index (κ3) is 6.96. The van der Waals surface area contributed by atoms with E-state index >= 15 is 0 Å². The van der Waals surface area contributed by atoms with Gasteiger partial charge in [0.25, 0.3) is 15.9 Å². The molecule has 2 N–H and O–H groups in total. The fourth-order valence-corrected chi connectivity index (χ4v) is 5.09. The van der Waals surface area contributed by atoms with Crippen LogP contribution in [0.4, 0.5) is 11.4 Å². The normalized spacial score (nSPS) is 11.1. The van der Waals surface area contributed by atoms with Gasteiger partial charge in [-0.3, -0.25) is 13.9 Å². The summed E-state index contributed by atoms with van der Waals surface area (Å²) in [5.41, 5.74) is 0.753. The molecule has 0 heterocycles. The van der Waals surface area contributed by atoms with Crippen molar-refractivity contribution in [2.45, 2.75) is 18.7 Å². The number of para-hydroxylation sites is 1. The molecule has 11 heteroatoms. The second-order valence-electron chi connectivity index (χ2n) is 8.70. The maximum atomic E-state index is 13.8. The number of hydrogen-bond donors (Lipinski definition) is 2. The summed E-state index contributed by atoms with van der Waals surface area (Å²) in [5.74, 6) is -0.171. The molecule has 3 rings (SSSR count). The van der Waals surface area contributed by atoms with Crippen molar-refractivity contribution in [3.63, 3.8) is 0 Å². The molecule has 0 aliphatic heterocycles. The molecule has 202 valence electrons. The number of sulfonamides is 1. The van der Waals surface area contributed by atoms with Crippen LogP contribution in [0.5, 0.6) is 11.5 Å². The van der Waals surface area contributed by atoms with Crippen molar-refractivity contribution >= 4 is 44.8 Å². The third-order valence-electron chi connectivity index (χ3n) is 5.46. The highest BCUT2D eigenvalue weighted by Crippen LogP contribution is 2.32. The van der Waals surface area contributed by atoms with Crippen LogP contribution in [0, 0.1) is 5.92 Å². The molecule has 0 radical (unpaired) electrons. The Morgan fingerprint density at radius 1 is 0.947 bits per heavy atom. The average Bonchev–Trinajstić information content (AvgIpc) is 2.90. The molecule has 0 unspecified atom stereocenters. The van der Waals surface area contributed by atoms with E-state index in [1.807, 2.05) is 13.8 Å². The topological polar surface area (TPSA) is 114 Å². The molecule has 0 spiro atoms. The number of carbonyl (C=O) groups is 2. The Bertz CT molecular complexity index is 1390. The van der Waals surface area contributed by atoms with Crippen LogP contribution in [-0.4, -0.2) is 47.5 Å². The summed E-state index contributed by atoms with van der Waals surface area (Å²) in [6.07, 6.45) is 0. The van der Waals surface area contributed by atoms with Gasteiger partial charge >= 0.3 is 0 Å². The zero-order valence-electron chi connectivity index (χ0n) is 21.5. The number of hydrogen-bond acceptors (Lipinski definition) is 6. The van der Waals surface area contributed by atoms with Crippen LogP contribution in [0.1, 0.15) is 24.2 Å². The van der Waals surface area contributed by atoms with E-state index in [0.717, 1.165) is 4.31 Å². The highest BCUT2D eigenvalue weighted by molar-refractivity contribution is 7.92. The number of benzene rings is 3. The highest BCUT2D eigenvalue weighted by atomic mass is 35.5. The maximum Gasteiger partial charge on any atom is 0.264 e. The molecule has 0 atom stereocenters. The van der Waals surface area contributed by atoms with E-state index in [1.165, 1.54) is 56.7 Å². The van der Waals surface area contributed by atoms with Crippen molar-refractivity contribution < 1.29 is 27.5 Å². The van der Waals surface area contributed by atoms with Gasteiger partial charge in [-0.25, -0.2) is 8.42 Å². The summed E-state index contributed by atoms with van der Waals surface area (Å²) in [7, 11) is -1.40. The minimum Gasteiger partial charge on any atom is -0.493 e. The molecule has 0 saturated heterocycles. The molecule has 2 amide bonds. The number of nitrogens with one attached hydrogen (secondary N) is 2. The van der Waals surface area contributed by atoms with Gasteiger partial charge in [0.2, 0.25) is 5.91 Å². The van der Waals surface area contributed by atoms with E-state index in [4.69, 9.17) is 21.1 Å². The summed E-state index contributed by atoms with van der Waals surface area (Å²) in [5, 5.41) is 5.90. The average molecular weight is 560 g/mol. The fourth-order valence-electron chi connectivity index (χ4n) is 3.53. The molecular weight excluding hydrogens is 530 g/mol. The summed E-state index contributed by atoms with van der Waals surface area (Å²) in [6.45, 7) is 3.84. The molecule has 38 heavy (non-hydrogen) atoms. The molecule has 0 fully saturated rings. The smallest absolute Gasteiger partial charge is 0.264 e. The van der Waals surface area contributed by atoms with E-state index in [9.17, 15) is 18.0 Å². The zero-order valence-corrected chi connectivity index (χ0v) is 23.1. The Kier molecular flexibility index (Phi) is 9.60. The van der Waals surface area contributed by atoms with Crippen LogP contribution in [0.25, 0.3) is 0 Å². The van der Waals surface area contributed by atoms with Gasteiger partial charge in [0.15, 0.2) is 11.5 Å².